The zero-order valence-electron chi connectivity index (χ0n) is 14.5. The van der Waals surface area contributed by atoms with Gasteiger partial charge in [-0.1, -0.05) is 46.3 Å². The van der Waals surface area contributed by atoms with Crippen molar-refractivity contribution in [2.45, 2.75) is 0 Å². The number of rotatable bonds is 3. The summed E-state index contributed by atoms with van der Waals surface area (Å²) in [4.78, 5) is 18.0. The molecule has 1 heterocycles. The molecule has 0 saturated carbocycles. The fourth-order valence-electron chi connectivity index (χ4n) is 2.91. The maximum absolute atomic E-state index is 13.3. The van der Waals surface area contributed by atoms with E-state index in [0.29, 0.717) is 22.4 Å². The van der Waals surface area contributed by atoms with Crippen LogP contribution in [0, 0.1) is 0 Å². The molecule has 0 radical (unpaired) electrons. The largest absolute Gasteiger partial charge is 0.508 e. The van der Waals surface area contributed by atoms with E-state index in [-0.39, 0.29) is 11.3 Å². The Morgan fingerprint density at radius 2 is 1.68 bits per heavy atom. The minimum absolute atomic E-state index is 0.144. The quantitative estimate of drug-likeness (QED) is 0.390. The lowest BCUT2D eigenvalue weighted by Gasteiger charge is -2.13. The van der Waals surface area contributed by atoms with Crippen molar-refractivity contribution in [1.29, 1.82) is 0 Å². The standard InChI is InChI=1S/C22H14Br2N2O2/c23-15-8-11-18(24)20(13-15)26-21(12-7-14-5-9-16(27)10-6-14)25-19-4-2-1-3-17(19)22(26)28/h1-13,27H/b12-7+. The number of nitrogens with zero attached hydrogens (tertiary/aromatic N) is 2. The van der Waals surface area contributed by atoms with E-state index in [2.05, 4.69) is 31.9 Å². The summed E-state index contributed by atoms with van der Waals surface area (Å²) in [6.07, 6.45) is 3.66. The molecule has 0 fully saturated rings. The lowest BCUT2D eigenvalue weighted by molar-refractivity contribution is 0.475. The predicted molar refractivity (Wildman–Crippen MR) is 120 cm³/mol. The third kappa shape index (κ3) is 3.66. The highest BCUT2D eigenvalue weighted by molar-refractivity contribution is 9.11. The van der Waals surface area contributed by atoms with Gasteiger partial charge < -0.3 is 5.11 Å². The molecule has 4 nitrogen and oxygen atoms in total. The Balaban J connectivity index is 1.97. The number of para-hydroxylation sites is 1. The summed E-state index contributed by atoms with van der Waals surface area (Å²) in [6, 6.07) is 19.8. The normalized spacial score (nSPS) is 11.4. The first-order chi connectivity index (χ1) is 13.5. The minimum Gasteiger partial charge on any atom is -0.508 e. The first kappa shape index (κ1) is 18.7. The molecular formula is C22H14Br2N2O2. The van der Waals surface area contributed by atoms with Gasteiger partial charge in [0, 0.05) is 8.95 Å². The van der Waals surface area contributed by atoms with Crippen molar-refractivity contribution in [2.24, 2.45) is 0 Å². The summed E-state index contributed by atoms with van der Waals surface area (Å²) in [7, 11) is 0. The molecule has 0 atom stereocenters. The molecule has 0 aliphatic heterocycles. The molecule has 0 unspecified atom stereocenters. The Kier molecular flexibility index (Phi) is 5.15. The summed E-state index contributed by atoms with van der Waals surface area (Å²) in [5.74, 6) is 0.714. The van der Waals surface area contributed by atoms with Crippen LogP contribution in [0.15, 0.2) is 80.5 Å². The molecule has 4 aromatic rings. The number of aromatic nitrogens is 2. The SMILES string of the molecule is O=c1c2ccccc2nc(/C=C/c2ccc(O)cc2)n1-c1cc(Br)ccc1Br. The van der Waals surface area contributed by atoms with Crippen molar-refractivity contribution in [3.05, 3.63) is 97.4 Å². The molecule has 138 valence electrons. The number of fused-ring (bicyclic) bond motifs is 1. The van der Waals surface area contributed by atoms with E-state index in [1.165, 1.54) is 0 Å². The van der Waals surface area contributed by atoms with Crippen molar-refractivity contribution < 1.29 is 5.11 Å². The summed E-state index contributed by atoms with van der Waals surface area (Å²) in [6.45, 7) is 0. The highest BCUT2D eigenvalue weighted by Gasteiger charge is 2.13. The van der Waals surface area contributed by atoms with Crippen molar-refractivity contribution in [3.8, 4) is 11.4 Å². The highest BCUT2D eigenvalue weighted by Crippen LogP contribution is 2.26. The van der Waals surface area contributed by atoms with E-state index >= 15 is 0 Å². The van der Waals surface area contributed by atoms with Crippen LogP contribution in [0.1, 0.15) is 11.4 Å². The first-order valence-electron chi connectivity index (χ1n) is 8.47. The Hall–Kier alpha value is -2.70. The zero-order valence-corrected chi connectivity index (χ0v) is 17.7. The van der Waals surface area contributed by atoms with Gasteiger partial charge in [0.05, 0.1) is 16.6 Å². The maximum Gasteiger partial charge on any atom is 0.266 e. The van der Waals surface area contributed by atoms with Crippen LogP contribution in [0.5, 0.6) is 5.75 Å². The van der Waals surface area contributed by atoms with Crippen molar-refractivity contribution in [1.82, 2.24) is 9.55 Å². The van der Waals surface area contributed by atoms with Crippen LogP contribution in [0.4, 0.5) is 0 Å². The molecule has 6 heteroatoms. The average Bonchev–Trinajstić information content (AvgIpc) is 2.70. The van der Waals surface area contributed by atoms with Crippen LogP contribution >= 0.6 is 31.9 Å². The number of phenols is 1. The number of benzene rings is 3. The van der Waals surface area contributed by atoms with Gasteiger partial charge >= 0.3 is 0 Å². The molecule has 0 spiro atoms. The number of hydrogen-bond acceptors (Lipinski definition) is 3. The lowest BCUT2D eigenvalue weighted by atomic mass is 10.2. The molecule has 0 aliphatic carbocycles. The van der Waals surface area contributed by atoms with Gasteiger partial charge in [-0.25, -0.2) is 4.98 Å². The number of halogens is 2. The van der Waals surface area contributed by atoms with Gasteiger partial charge in [0.1, 0.15) is 11.6 Å². The third-order valence-corrected chi connectivity index (χ3v) is 5.43. The number of hydrogen-bond donors (Lipinski definition) is 1. The summed E-state index contributed by atoms with van der Waals surface area (Å²) >= 11 is 7.02. The van der Waals surface area contributed by atoms with Gasteiger partial charge in [-0.05, 0) is 70.0 Å². The van der Waals surface area contributed by atoms with Crippen LogP contribution in [0.2, 0.25) is 0 Å². The van der Waals surface area contributed by atoms with Gasteiger partial charge in [0.15, 0.2) is 0 Å². The molecule has 0 saturated heterocycles. The van der Waals surface area contributed by atoms with Gasteiger partial charge in [-0.15, -0.1) is 0 Å². The maximum atomic E-state index is 13.3. The highest BCUT2D eigenvalue weighted by atomic mass is 79.9. The smallest absolute Gasteiger partial charge is 0.266 e. The number of aromatic hydroxyl groups is 1. The Labute approximate surface area is 178 Å². The first-order valence-corrected chi connectivity index (χ1v) is 10.1. The fourth-order valence-corrected chi connectivity index (χ4v) is 3.68. The van der Waals surface area contributed by atoms with E-state index < -0.39 is 0 Å². The second kappa shape index (κ2) is 7.73. The van der Waals surface area contributed by atoms with E-state index in [0.717, 1.165) is 14.5 Å². The molecule has 1 aromatic heterocycles. The molecule has 4 rings (SSSR count). The third-order valence-electron chi connectivity index (χ3n) is 4.27. The Morgan fingerprint density at radius 3 is 2.46 bits per heavy atom. The summed E-state index contributed by atoms with van der Waals surface area (Å²) < 4.78 is 3.24. The topological polar surface area (TPSA) is 55.1 Å². The van der Waals surface area contributed by atoms with Gasteiger partial charge in [0.25, 0.3) is 5.56 Å². The lowest BCUT2D eigenvalue weighted by Crippen LogP contribution is -2.22. The zero-order chi connectivity index (χ0) is 19.7. The van der Waals surface area contributed by atoms with Gasteiger partial charge in [-0.3, -0.25) is 9.36 Å². The Morgan fingerprint density at radius 1 is 0.929 bits per heavy atom. The van der Waals surface area contributed by atoms with E-state index in [1.54, 1.807) is 41.0 Å². The average molecular weight is 498 g/mol. The molecule has 1 N–H and O–H groups in total. The number of phenolic OH excluding ortho intramolecular Hbond substituents is 1. The minimum atomic E-state index is -0.144. The Bertz CT molecular complexity index is 1260. The van der Waals surface area contributed by atoms with E-state index in [1.807, 2.05) is 42.5 Å². The van der Waals surface area contributed by atoms with Crippen LogP contribution < -0.4 is 5.56 Å². The van der Waals surface area contributed by atoms with Crippen LogP contribution in [-0.2, 0) is 0 Å². The van der Waals surface area contributed by atoms with E-state index in [4.69, 9.17) is 4.98 Å². The van der Waals surface area contributed by atoms with E-state index in [9.17, 15) is 9.90 Å². The second-order valence-electron chi connectivity index (χ2n) is 6.15. The molecule has 0 aliphatic rings. The molecule has 28 heavy (non-hydrogen) atoms. The summed E-state index contributed by atoms with van der Waals surface area (Å²) in [5.41, 5.74) is 2.08. The van der Waals surface area contributed by atoms with Gasteiger partial charge in [-0.2, -0.15) is 0 Å². The fraction of sp³-hybridized carbons (Fsp3) is 0. The van der Waals surface area contributed by atoms with Crippen LogP contribution in [0.25, 0.3) is 28.7 Å². The van der Waals surface area contributed by atoms with Crippen molar-refractivity contribution in [3.63, 3.8) is 0 Å². The molecular weight excluding hydrogens is 484 g/mol. The predicted octanol–water partition coefficient (Wildman–Crippen LogP) is 5.79. The molecule has 0 amide bonds. The van der Waals surface area contributed by atoms with Gasteiger partial charge in [0.2, 0.25) is 0 Å². The van der Waals surface area contributed by atoms with Crippen molar-refractivity contribution >= 4 is 54.9 Å². The molecule has 3 aromatic carbocycles. The second-order valence-corrected chi connectivity index (χ2v) is 7.92. The summed E-state index contributed by atoms with van der Waals surface area (Å²) in [5, 5.41) is 10.0. The monoisotopic (exact) mass is 496 g/mol. The van der Waals surface area contributed by atoms with Crippen molar-refractivity contribution in [2.75, 3.05) is 0 Å². The van der Waals surface area contributed by atoms with Crippen LogP contribution in [-0.4, -0.2) is 14.7 Å². The molecule has 0 bridgehead atoms. The van der Waals surface area contributed by atoms with Crippen LogP contribution in [0.3, 0.4) is 0 Å².